The van der Waals surface area contributed by atoms with Crippen molar-refractivity contribution in [2.24, 2.45) is 0 Å². The van der Waals surface area contributed by atoms with Crippen LogP contribution < -0.4 is 0 Å². The van der Waals surface area contributed by atoms with Gasteiger partial charge in [0.1, 0.15) is 0 Å². The molecule has 0 aromatic heterocycles. The molecule has 4 heteroatoms. The average Bonchev–Trinajstić information content (AvgIpc) is 2.59. The summed E-state index contributed by atoms with van der Waals surface area (Å²) in [6, 6.07) is 0. The number of carbonyl (C=O) groups excluding carboxylic acids is 1. The van der Waals surface area contributed by atoms with Crippen LogP contribution in [0.5, 0.6) is 0 Å². The normalized spacial score (nSPS) is 29.8. The van der Waals surface area contributed by atoms with E-state index in [0.717, 1.165) is 6.54 Å². The van der Waals surface area contributed by atoms with Crippen LogP contribution in [-0.2, 0) is 4.79 Å². The Morgan fingerprint density at radius 3 is 2.62 bits per heavy atom. The zero-order valence-electron chi connectivity index (χ0n) is 9.95. The van der Waals surface area contributed by atoms with E-state index in [4.69, 9.17) is 0 Å². The number of likely N-dealkylation sites (tertiary alicyclic amines) is 1. The van der Waals surface area contributed by atoms with Crippen molar-refractivity contribution in [1.29, 1.82) is 0 Å². The Morgan fingerprint density at radius 1 is 1.44 bits per heavy atom. The largest absolute Gasteiger partial charge is 0.391 e. The molecule has 1 atom stereocenters. The van der Waals surface area contributed by atoms with E-state index in [0.29, 0.717) is 13.0 Å². The van der Waals surface area contributed by atoms with Gasteiger partial charge in [-0.2, -0.15) is 11.8 Å². The van der Waals surface area contributed by atoms with Crippen LogP contribution in [0.15, 0.2) is 0 Å². The molecule has 0 spiro atoms. The Hall–Kier alpha value is -0.220. The smallest absolute Gasteiger partial charge is 0.225 e. The third-order valence-corrected chi connectivity index (χ3v) is 5.27. The summed E-state index contributed by atoms with van der Waals surface area (Å²) in [4.78, 5) is 13.5. The van der Waals surface area contributed by atoms with Gasteiger partial charge in [0.05, 0.1) is 12.5 Å². The van der Waals surface area contributed by atoms with Gasteiger partial charge < -0.3 is 10.0 Å². The van der Waals surface area contributed by atoms with Crippen LogP contribution in [-0.4, -0.2) is 46.1 Å². The Balaban J connectivity index is 1.98. The van der Waals surface area contributed by atoms with Crippen molar-refractivity contribution < 1.29 is 9.90 Å². The zero-order chi connectivity index (χ0) is 11.6. The van der Waals surface area contributed by atoms with E-state index < -0.39 is 6.10 Å². The molecular formula is C12H21NO2S. The van der Waals surface area contributed by atoms with Gasteiger partial charge in [0, 0.05) is 17.8 Å². The summed E-state index contributed by atoms with van der Waals surface area (Å²) < 4.78 is 0.262. The quantitative estimate of drug-likeness (QED) is 0.819. The van der Waals surface area contributed by atoms with Crippen molar-refractivity contribution in [3.63, 3.8) is 0 Å². The summed E-state index contributed by atoms with van der Waals surface area (Å²) in [6.45, 7) is 1.38. The fourth-order valence-electron chi connectivity index (χ4n) is 2.87. The maximum Gasteiger partial charge on any atom is 0.225 e. The lowest BCUT2D eigenvalue weighted by Gasteiger charge is -2.38. The topological polar surface area (TPSA) is 40.5 Å². The summed E-state index contributed by atoms with van der Waals surface area (Å²) in [7, 11) is 0. The van der Waals surface area contributed by atoms with Crippen molar-refractivity contribution in [2.45, 2.75) is 49.4 Å². The van der Waals surface area contributed by atoms with Crippen LogP contribution >= 0.6 is 11.8 Å². The highest BCUT2D eigenvalue weighted by molar-refractivity contribution is 8.00. The summed E-state index contributed by atoms with van der Waals surface area (Å²) in [6.07, 6.45) is 8.37. The number of aliphatic hydroxyl groups is 1. The standard InChI is InChI=1S/C12H21NO2S/c1-16-12(5-3-2-4-6-12)9-13-8-10(14)7-11(13)15/h10,14H,2-9H2,1H3. The first kappa shape index (κ1) is 12.2. The molecule has 1 unspecified atom stereocenters. The zero-order valence-corrected chi connectivity index (χ0v) is 10.8. The van der Waals surface area contributed by atoms with Crippen molar-refractivity contribution in [3.8, 4) is 0 Å². The van der Waals surface area contributed by atoms with E-state index in [2.05, 4.69) is 6.26 Å². The minimum Gasteiger partial charge on any atom is -0.391 e. The van der Waals surface area contributed by atoms with Gasteiger partial charge in [-0.25, -0.2) is 0 Å². The number of amides is 1. The predicted octanol–water partition coefficient (Wildman–Crippen LogP) is 1.65. The van der Waals surface area contributed by atoms with Gasteiger partial charge in [0.25, 0.3) is 0 Å². The summed E-state index contributed by atoms with van der Waals surface area (Å²) in [5.41, 5.74) is 0. The van der Waals surface area contributed by atoms with E-state index in [1.807, 2.05) is 16.7 Å². The van der Waals surface area contributed by atoms with Crippen LogP contribution in [0.2, 0.25) is 0 Å². The van der Waals surface area contributed by atoms with Gasteiger partial charge in [-0.15, -0.1) is 0 Å². The Kier molecular flexibility index (Phi) is 3.80. The molecule has 1 N–H and O–H groups in total. The first-order chi connectivity index (χ1) is 7.65. The number of thioether (sulfide) groups is 1. The highest BCUT2D eigenvalue weighted by atomic mass is 32.2. The third-order valence-electron chi connectivity index (χ3n) is 3.87. The Morgan fingerprint density at radius 2 is 2.12 bits per heavy atom. The third kappa shape index (κ3) is 2.54. The number of nitrogens with zero attached hydrogens (tertiary/aromatic N) is 1. The number of aliphatic hydroxyl groups excluding tert-OH is 1. The van der Waals surface area contributed by atoms with Gasteiger partial charge in [-0.3, -0.25) is 4.79 Å². The van der Waals surface area contributed by atoms with Crippen LogP contribution in [0.1, 0.15) is 38.5 Å². The second kappa shape index (κ2) is 4.96. The molecule has 0 aromatic rings. The summed E-state index contributed by atoms with van der Waals surface area (Å²) in [5.74, 6) is 0.131. The summed E-state index contributed by atoms with van der Waals surface area (Å²) in [5, 5.41) is 9.49. The first-order valence-electron chi connectivity index (χ1n) is 6.16. The monoisotopic (exact) mass is 243 g/mol. The van der Waals surface area contributed by atoms with Gasteiger partial charge >= 0.3 is 0 Å². The van der Waals surface area contributed by atoms with Crippen molar-refractivity contribution in [1.82, 2.24) is 4.90 Å². The van der Waals surface area contributed by atoms with Crippen molar-refractivity contribution >= 4 is 17.7 Å². The molecule has 1 saturated heterocycles. The number of hydrogen-bond acceptors (Lipinski definition) is 3. The lowest BCUT2D eigenvalue weighted by molar-refractivity contribution is -0.128. The Bertz CT molecular complexity index is 264. The molecule has 1 heterocycles. The van der Waals surface area contributed by atoms with Gasteiger partial charge in [-0.05, 0) is 19.1 Å². The highest BCUT2D eigenvalue weighted by Gasteiger charge is 2.37. The van der Waals surface area contributed by atoms with Crippen molar-refractivity contribution in [2.75, 3.05) is 19.3 Å². The van der Waals surface area contributed by atoms with E-state index in [1.54, 1.807) is 0 Å². The minimum atomic E-state index is -0.435. The second-order valence-electron chi connectivity index (χ2n) is 5.08. The molecule has 1 aliphatic heterocycles. The Labute approximate surface area is 102 Å². The number of β-amino-alcohol motifs (C(OH)–C–C–N with tert-alkyl or cyclic N) is 1. The predicted molar refractivity (Wildman–Crippen MR) is 66.5 cm³/mol. The van der Waals surface area contributed by atoms with Crippen LogP contribution in [0.4, 0.5) is 0 Å². The molecule has 0 aromatic carbocycles. The molecule has 2 rings (SSSR count). The fourth-order valence-corrected chi connectivity index (χ4v) is 3.86. The molecule has 92 valence electrons. The molecule has 1 amide bonds. The first-order valence-corrected chi connectivity index (χ1v) is 7.39. The van der Waals surface area contributed by atoms with E-state index >= 15 is 0 Å². The van der Waals surface area contributed by atoms with Gasteiger partial charge in [0.2, 0.25) is 5.91 Å². The van der Waals surface area contributed by atoms with Crippen molar-refractivity contribution in [3.05, 3.63) is 0 Å². The molecule has 0 bridgehead atoms. The van der Waals surface area contributed by atoms with Crippen LogP contribution in [0.25, 0.3) is 0 Å². The summed E-state index contributed by atoms with van der Waals surface area (Å²) >= 11 is 1.91. The molecule has 1 aliphatic carbocycles. The molecule has 0 radical (unpaired) electrons. The lowest BCUT2D eigenvalue weighted by Crippen LogP contribution is -2.42. The molecule has 2 aliphatic rings. The minimum absolute atomic E-state index is 0.131. The SMILES string of the molecule is CSC1(CN2CC(O)CC2=O)CCCCC1. The molecule has 3 nitrogen and oxygen atoms in total. The molecule has 16 heavy (non-hydrogen) atoms. The maximum atomic E-state index is 11.7. The van der Waals surface area contributed by atoms with E-state index in [9.17, 15) is 9.90 Å². The number of hydrogen-bond donors (Lipinski definition) is 1. The second-order valence-corrected chi connectivity index (χ2v) is 6.35. The lowest BCUT2D eigenvalue weighted by atomic mass is 9.88. The van der Waals surface area contributed by atoms with E-state index in [-0.39, 0.29) is 10.7 Å². The fraction of sp³-hybridized carbons (Fsp3) is 0.917. The van der Waals surface area contributed by atoms with Gasteiger partial charge in [0.15, 0.2) is 0 Å². The molecular weight excluding hydrogens is 222 g/mol. The highest BCUT2D eigenvalue weighted by Crippen LogP contribution is 2.39. The number of carbonyl (C=O) groups is 1. The number of rotatable bonds is 3. The van der Waals surface area contributed by atoms with Crippen LogP contribution in [0, 0.1) is 0 Å². The average molecular weight is 243 g/mol. The van der Waals surface area contributed by atoms with E-state index in [1.165, 1.54) is 32.1 Å². The molecule has 2 fully saturated rings. The molecule has 1 saturated carbocycles. The maximum absolute atomic E-state index is 11.7. The van der Waals surface area contributed by atoms with Gasteiger partial charge in [-0.1, -0.05) is 19.3 Å². The van der Waals surface area contributed by atoms with Crippen LogP contribution in [0.3, 0.4) is 0 Å².